The van der Waals surface area contributed by atoms with Crippen molar-refractivity contribution in [3.05, 3.63) is 29.0 Å². The quantitative estimate of drug-likeness (QED) is 0.686. The van der Waals surface area contributed by atoms with E-state index in [2.05, 4.69) is 11.9 Å². The Labute approximate surface area is 94.1 Å². The summed E-state index contributed by atoms with van der Waals surface area (Å²) in [5, 5.41) is 0.418. The molecular formula is C11H13ClN2O. The molecule has 80 valence electrons. The molecule has 0 bridgehead atoms. The van der Waals surface area contributed by atoms with Gasteiger partial charge in [-0.15, -0.1) is 0 Å². The van der Waals surface area contributed by atoms with Crippen LogP contribution in [0.25, 0.3) is 0 Å². The van der Waals surface area contributed by atoms with Crippen LogP contribution >= 0.6 is 11.6 Å². The molecular weight excluding hydrogens is 212 g/mol. The van der Waals surface area contributed by atoms with Gasteiger partial charge in [0.2, 0.25) is 0 Å². The van der Waals surface area contributed by atoms with E-state index < -0.39 is 0 Å². The molecule has 1 aromatic heterocycles. The molecule has 0 radical (unpaired) electrons. The summed E-state index contributed by atoms with van der Waals surface area (Å²) in [5.74, 6) is 0.665. The lowest BCUT2D eigenvalue weighted by Crippen LogP contribution is -2.28. The van der Waals surface area contributed by atoms with Crippen LogP contribution in [0.15, 0.2) is 18.3 Å². The normalized spacial score (nSPS) is 20.7. The summed E-state index contributed by atoms with van der Waals surface area (Å²) in [4.78, 5) is 17.7. The zero-order valence-corrected chi connectivity index (χ0v) is 9.37. The Balaban J connectivity index is 2.11. The van der Waals surface area contributed by atoms with E-state index in [1.807, 2.05) is 4.90 Å². The zero-order valence-electron chi connectivity index (χ0n) is 8.61. The third-order valence-corrected chi connectivity index (χ3v) is 2.91. The van der Waals surface area contributed by atoms with Crippen molar-refractivity contribution in [2.45, 2.75) is 13.3 Å². The van der Waals surface area contributed by atoms with Gasteiger partial charge in [-0.1, -0.05) is 18.5 Å². The minimum atomic E-state index is 0.0588. The van der Waals surface area contributed by atoms with Gasteiger partial charge in [-0.05, 0) is 24.5 Å². The van der Waals surface area contributed by atoms with Crippen LogP contribution in [0.3, 0.4) is 0 Å². The lowest BCUT2D eigenvalue weighted by atomic mass is 10.2. The van der Waals surface area contributed by atoms with Crippen molar-refractivity contribution in [2.24, 2.45) is 5.92 Å². The number of aromatic nitrogens is 1. The van der Waals surface area contributed by atoms with E-state index in [-0.39, 0.29) is 5.91 Å². The molecule has 1 amide bonds. The molecule has 0 N–H and O–H groups in total. The average molecular weight is 225 g/mol. The number of carbonyl (C=O) groups excluding carboxylic acids is 1. The van der Waals surface area contributed by atoms with Crippen molar-refractivity contribution in [3.63, 3.8) is 0 Å². The summed E-state index contributed by atoms with van der Waals surface area (Å²) in [6, 6.07) is 3.37. The third kappa shape index (κ3) is 2.29. The van der Waals surface area contributed by atoms with Crippen molar-refractivity contribution in [1.82, 2.24) is 9.88 Å². The number of likely N-dealkylation sites (tertiary alicyclic amines) is 1. The van der Waals surface area contributed by atoms with E-state index >= 15 is 0 Å². The SMILES string of the molecule is CC1CCN(C(=O)c2ccc(Cl)nc2)C1. The predicted molar refractivity (Wildman–Crippen MR) is 58.9 cm³/mol. The van der Waals surface area contributed by atoms with E-state index in [1.165, 1.54) is 6.20 Å². The molecule has 2 rings (SSSR count). The number of hydrogen-bond acceptors (Lipinski definition) is 2. The highest BCUT2D eigenvalue weighted by molar-refractivity contribution is 6.29. The highest BCUT2D eigenvalue weighted by Gasteiger charge is 2.24. The van der Waals surface area contributed by atoms with E-state index in [9.17, 15) is 4.79 Å². The molecule has 0 aromatic carbocycles. The minimum Gasteiger partial charge on any atom is -0.338 e. The molecule has 4 heteroatoms. The van der Waals surface area contributed by atoms with Crippen LogP contribution in [-0.2, 0) is 0 Å². The first-order valence-corrected chi connectivity index (χ1v) is 5.45. The van der Waals surface area contributed by atoms with E-state index in [0.717, 1.165) is 19.5 Å². The average Bonchev–Trinajstić information content (AvgIpc) is 2.65. The third-order valence-electron chi connectivity index (χ3n) is 2.69. The Morgan fingerprint density at radius 3 is 2.93 bits per heavy atom. The van der Waals surface area contributed by atoms with Gasteiger partial charge in [-0.25, -0.2) is 4.98 Å². The van der Waals surface area contributed by atoms with Gasteiger partial charge in [-0.3, -0.25) is 4.79 Å². The summed E-state index contributed by atoms with van der Waals surface area (Å²) >= 11 is 5.66. The fraction of sp³-hybridized carbons (Fsp3) is 0.455. The molecule has 3 nitrogen and oxygen atoms in total. The molecule has 0 saturated carbocycles. The van der Waals surface area contributed by atoms with Crippen LogP contribution < -0.4 is 0 Å². The molecule has 1 aliphatic heterocycles. The summed E-state index contributed by atoms with van der Waals surface area (Å²) in [5.41, 5.74) is 0.619. The van der Waals surface area contributed by atoms with E-state index in [1.54, 1.807) is 12.1 Å². The molecule has 0 spiro atoms. The number of pyridine rings is 1. The monoisotopic (exact) mass is 224 g/mol. The van der Waals surface area contributed by atoms with Crippen LogP contribution in [0.5, 0.6) is 0 Å². The van der Waals surface area contributed by atoms with Gasteiger partial charge in [-0.2, -0.15) is 0 Å². The van der Waals surface area contributed by atoms with Gasteiger partial charge < -0.3 is 4.90 Å². The number of rotatable bonds is 1. The van der Waals surface area contributed by atoms with Crippen molar-refractivity contribution >= 4 is 17.5 Å². The first-order valence-electron chi connectivity index (χ1n) is 5.07. The second-order valence-electron chi connectivity index (χ2n) is 4.01. The molecule has 2 heterocycles. The second-order valence-corrected chi connectivity index (χ2v) is 4.40. The van der Waals surface area contributed by atoms with Gasteiger partial charge in [0.15, 0.2) is 0 Å². The smallest absolute Gasteiger partial charge is 0.255 e. The first-order chi connectivity index (χ1) is 7.16. The van der Waals surface area contributed by atoms with Crippen LogP contribution in [0.1, 0.15) is 23.7 Å². The first kappa shape index (κ1) is 10.4. The molecule has 1 fully saturated rings. The highest BCUT2D eigenvalue weighted by Crippen LogP contribution is 2.18. The van der Waals surface area contributed by atoms with E-state index in [4.69, 9.17) is 11.6 Å². The van der Waals surface area contributed by atoms with Gasteiger partial charge in [0.05, 0.1) is 5.56 Å². The lowest BCUT2D eigenvalue weighted by molar-refractivity contribution is 0.0787. The number of hydrogen-bond donors (Lipinski definition) is 0. The van der Waals surface area contributed by atoms with Gasteiger partial charge in [0, 0.05) is 19.3 Å². The number of nitrogens with zero attached hydrogens (tertiary/aromatic N) is 2. The molecule has 1 aliphatic rings. The van der Waals surface area contributed by atoms with Gasteiger partial charge >= 0.3 is 0 Å². The Hall–Kier alpha value is -1.09. The predicted octanol–water partition coefficient (Wildman–Crippen LogP) is 2.22. The van der Waals surface area contributed by atoms with Crippen molar-refractivity contribution in [2.75, 3.05) is 13.1 Å². The summed E-state index contributed by atoms with van der Waals surface area (Å²) in [7, 11) is 0. The maximum atomic E-state index is 11.9. The fourth-order valence-electron chi connectivity index (χ4n) is 1.80. The molecule has 1 aromatic rings. The van der Waals surface area contributed by atoms with Crippen LogP contribution in [0.2, 0.25) is 5.15 Å². The summed E-state index contributed by atoms with van der Waals surface area (Å²) in [6.45, 7) is 3.86. The molecule has 0 aliphatic carbocycles. The van der Waals surface area contributed by atoms with Crippen molar-refractivity contribution in [3.8, 4) is 0 Å². The molecule has 1 atom stereocenters. The lowest BCUT2D eigenvalue weighted by Gasteiger charge is -2.15. The van der Waals surface area contributed by atoms with Crippen molar-refractivity contribution in [1.29, 1.82) is 0 Å². The summed E-state index contributed by atoms with van der Waals surface area (Å²) < 4.78 is 0. The van der Waals surface area contributed by atoms with Crippen molar-refractivity contribution < 1.29 is 4.79 Å². The molecule has 1 unspecified atom stereocenters. The topological polar surface area (TPSA) is 33.2 Å². The van der Waals surface area contributed by atoms with Crippen LogP contribution in [-0.4, -0.2) is 28.9 Å². The fourth-order valence-corrected chi connectivity index (χ4v) is 1.92. The highest BCUT2D eigenvalue weighted by atomic mass is 35.5. The number of carbonyl (C=O) groups is 1. The van der Waals surface area contributed by atoms with Crippen LogP contribution in [0, 0.1) is 5.92 Å². The standard InChI is InChI=1S/C11H13ClN2O/c1-8-4-5-14(7-8)11(15)9-2-3-10(12)13-6-9/h2-3,6,8H,4-5,7H2,1H3. The number of halogens is 1. The maximum absolute atomic E-state index is 11.9. The minimum absolute atomic E-state index is 0.0588. The Morgan fingerprint density at radius 1 is 1.60 bits per heavy atom. The van der Waals surface area contributed by atoms with E-state index in [0.29, 0.717) is 16.6 Å². The maximum Gasteiger partial charge on any atom is 0.255 e. The Bertz CT molecular complexity index is 363. The Kier molecular flexibility index (Phi) is 2.91. The Morgan fingerprint density at radius 2 is 2.40 bits per heavy atom. The van der Waals surface area contributed by atoms with Gasteiger partial charge in [0.1, 0.15) is 5.15 Å². The van der Waals surface area contributed by atoms with Gasteiger partial charge in [0.25, 0.3) is 5.91 Å². The molecule has 15 heavy (non-hydrogen) atoms. The largest absolute Gasteiger partial charge is 0.338 e. The van der Waals surface area contributed by atoms with Crippen LogP contribution in [0.4, 0.5) is 0 Å². The zero-order chi connectivity index (χ0) is 10.8. The second kappa shape index (κ2) is 4.19. The number of amides is 1. The summed E-state index contributed by atoms with van der Waals surface area (Å²) in [6.07, 6.45) is 2.63. The molecule has 1 saturated heterocycles.